The summed E-state index contributed by atoms with van der Waals surface area (Å²) in [7, 11) is 1.83. The zero-order valence-corrected chi connectivity index (χ0v) is 14.6. The van der Waals surface area contributed by atoms with E-state index in [2.05, 4.69) is 10.6 Å². The van der Waals surface area contributed by atoms with Crippen LogP contribution < -0.4 is 10.6 Å². The number of rotatable bonds is 6. The summed E-state index contributed by atoms with van der Waals surface area (Å²) in [6, 6.07) is 7.74. The van der Waals surface area contributed by atoms with Gasteiger partial charge in [0.05, 0.1) is 0 Å². The highest BCUT2D eigenvalue weighted by Crippen LogP contribution is 2.17. The molecule has 1 saturated heterocycles. The maximum Gasteiger partial charge on any atom is 0.228 e. The molecule has 0 radical (unpaired) electrons. The molecule has 2 amide bonds. The summed E-state index contributed by atoms with van der Waals surface area (Å²) in [5.74, 6) is 0.140. The molecule has 1 aromatic rings. The summed E-state index contributed by atoms with van der Waals surface area (Å²) in [6.07, 6.45) is 2.72. The second-order valence-corrected chi connectivity index (χ2v) is 5.92. The van der Waals surface area contributed by atoms with Gasteiger partial charge < -0.3 is 15.5 Å². The Morgan fingerprint density at radius 3 is 2.83 bits per heavy atom. The highest BCUT2D eigenvalue weighted by atomic mass is 35.5. The number of nitrogens with one attached hydrogen (secondary N) is 2. The van der Waals surface area contributed by atoms with Crippen LogP contribution in [0.25, 0.3) is 0 Å². The van der Waals surface area contributed by atoms with Crippen LogP contribution in [0.15, 0.2) is 24.3 Å². The van der Waals surface area contributed by atoms with Gasteiger partial charge in [-0.05, 0) is 37.6 Å². The fourth-order valence-electron chi connectivity index (χ4n) is 2.66. The summed E-state index contributed by atoms with van der Waals surface area (Å²) < 4.78 is 0. The number of hydrogen-bond acceptors (Lipinski definition) is 3. The van der Waals surface area contributed by atoms with E-state index in [9.17, 15) is 9.59 Å². The van der Waals surface area contributed by atoms with E-state index in [0.29, 0.717) is 19.5 Å². The Morgan fingerprint density at radius 2 is 2.13 bits per heavy atom. The maximum atomic E-state index is 12.0. The Balaban J connectivity index is 0.00000264. The van der Waals surface area contributed by atoms with Crippen molar-refractivity contribution in [1.29, 1.82) is 0 Å². The van der Waals surface area contributed by atoms with Crippen LogP contribution in [0.3, 0.4) is 0 Å². The largest absolute Gasteiger partial charge is 0.338 e. The number of benzene rings is 1. The lowest BCUT2D eigenvalue weighted by atomic mass is 10.1. The molecule has 0 aliphatic carbocycles. The number of hydrogen-bond donors (Lipinski definition) is 2. The first-order chi connectivity index (χ1) is 10.6. The number of carbonyl (C=O) groups is 2. The molecule has 1 aromatic carbocycles. The van der Waals surface area contributed by atoms with Crippen LogP contribution in [-0.4, -0.2) is 36.9 Å². The predicted molar refractivity (Wildman–Crippen MR) is 94.7 cm³/mol. The zero-order valence-electron chi connectivity index (χ0n) is 13.8. The topological polar surface area (TPSA) is 61.4 Å². The van der Waals surface area contributed by atoms with Crippen molar-refractivity contribution in [3.8, 4) is 0 Å². The van der Waals surface area contributed by atoms with E-state index >= 15 is 0 Å². The van der Waals surface area contributed by atoms with Crippen LogP contribution in [0.1, 0.15) is 31.7 Å². The lowest BCUT2D eigenvalue weighted by Crippen LogP contribution is -2.34. The summed E-state index contributed by atoms with van der Waals surface area (Å²) in [4.78, 5) is 25.8. The van der Waals surface area contributed by atoms with Gasteiger partial charge in [0.15, 0.2) is 0 Å². The normalized spacial score (nSPS) is 15.7. The predicted octanol–water partition coefficient (Wildman–Crippen LogP) is 2.41. The molecule has 23 heavy (non-hydrogen) atoms. The molecule has 0 spiro atoms. The number of halogens is 1. The minimum atomic E-state index is -0.0858. The van der Waals surface area contributed by atoms with Gasteiger partial charge in [0.2, 0.25) is 11.8 Å². The molecule has 1 unspecified atom stereocenters. The molecular weight excluding hydrogens is 314 g/mol. The Hall–Kier alpha value is -1.59. The number of amides is 2. The van der Waals surface area contributed by atoms with Gasteiger partial charge in [-0.25, -0.2) is 0 Å². The average molecular weight is 340 g/mol. The van der Waals surface area contributed by atoms with E-state index in [1.165, 1.54) is 0 Å². The number of piperidine rings is 1. The number of carbonyl (C=O) groups excluding carboxylic acids is 2. The number of likely N-dealkylation sites (tertiary alicyclic amines) is 1. The van der Waals surface area contributed by atoms with E-state index in [0.717, 1.165) is 30.6 Å². The molecule has 128 valence electrons. The van der Waals surface area contributed by atoms with Gasteiger partial charge in [-0.2, -0.15) is 0 Å². The second kappa shape index (κ2) is 9.53. The van der Waals surface area contributed by atoms with Crippen molar-refractivity contribution in [2.75, 3.05) is 25.5 Å². The Kier molecular flexibility index (Phi) is 8.06. The van der Waals surface area contributed by atoms with Crippen molar-refractivity contribution < 1.29 is 9.59 Å². The molecule has 1 heterocycles. The summed E-state index contributed by atoms with van der Waals surface area (Å²) in [5, 5.41) is 5.93. The molecule has 0 aromatic heterocycles. The Labute approximate surface area is 144 Å². The standard InChI is InChI=1S/C17H25N3O2.ClH/c1-13(11-18-2)17(22)19-15-7-5-6-14(10-15)12-20-9-4-3-8-16(20)21;/h5-7,10,13,18H,3-4,8-9,11-12H2,1-2H3,(H,19,22);1H. The maximum absolute atomic E-state index is 12.0. The van der Waals surface area contributed by atoms with Crippen molar-refractivity contribution in [3.63, 3.8) is 0 Å². The molecule has 1 atom stereocenters. The fourth-order valence-corrected chi connectivity index (χ4v) is 2.66. The molecule has 2 N–H and O–H groups in total. The van der Waals surface area contributed by atoms with E-state index in [1.807, 2.05) is 43.1 Å². The molecule has 1 fully saturated rings. The third-order valence-electron chi connectivity index (χ3n) is 3.95. The highest BCUT2D eigenvalue weighted by molar-refractivity contribution is 5.92. The third kappa shape index (κ3) is 5.84. The first kappa shape index (κ1) is 19.5. The van der Waals surface area contributed by atoms with Gasteiger partial charge in [-0.3, -0.25) is 9.59 Å². The van der Waals surface area contributed by atoms with E-state index in [1.54, 1.807) is 0 Å². The molecule has 5 nitrogen and oxygen atoms in total. The van der Waals surface area contributed by atoms with Gasteiger partial charge >= 0.3 is 0 Å². The van der Waals surface area contributed by atoms with Gasteiger partial charge in [0.25, 0.3) is 0 Å². The monoisotopic (exact) mass is 339 g/mol. The van der Waals surface area contributed by atoms with Crippen LogP contribution in [0, 0.1) is 5.92 Å². The molecule has 1 aliphatic heterocycles. The highest BCUT2D eigenvalue weighted by Gasteiger charge is 2.18. The lowest BCUT2D eigenvalue weighted by Gasteiger charge is -2.27. The van der Waals surface area contributed by atoms with Crippen molar-refractivity contribution in [3.05, 3.63) is 29.8 Å². The summed E-state index contributed by atoms with van der Waals surface area (Å²) in [5.41, 5.74) is 1.84. The molecule has 2 rings (SSSR count). The Bertz CT molecular complexity index is 536. The van der Waals surface area contributed by atoms with Crippen LogP contribution in [0.4, 0.5) is 5.69 Å². The van der Waals surface area contributed by atoms with Crippen molar-refractivity contribution in [1.82, 2.24) is 10.2 Å². The minimum absolute atomic E-state index is 0. The van der Waals surface area contributed by atoms with E-state index in [-0.39, 0.29) is 30.1 Å². The zero-order chi connectivity index (χ0) is 15.9. The number of nitrogens with zero attached hydrogens (tertiary/aromatic N) is 1. The molecule has 0 bridgehead atoms. The van der Waals surface area contributed by atoms with E-state index < -0.39 is 0 Å². The minimum Gasteiger partial charge on any atom is -0.338 e. The summed E-state index contributed by atoms with van der Waals surface area (Å²) >= 11 is 0. The van der Waals surface area contributed by atoms with Crippen LogP contribution in [-0.2, 0) is 16.1 Å². The summed E-state index contributed by atoms with van der Waals surface area (Å²) in [6.45, 7) is 3.99. The molecule has 0 saturated carbocycles. The first-order valence-electron chi connectivity index (χ1n) is 7.92. The van der Waals surface area contributed by atoms with Crippen molar-refractivity contribution in [2.24, 2.45) is 5.92 Å². The third-order valence-corrected chi connectivity index (χ3v) is 3.95. The Morgan fingerprint density at radius 1 is 1.35 bits per heavy atom. The van der Waals surface area contributed by atoms with E-state index in [4.69, 9.17) is 0 Å². The number of anilines is 1. The smallest absolute Gasteiger partial charge is 0.228 e. The second-order valence-electron chi connectivity index (χ2n) is 5.92. The average Bonchev–Trinajstić information content (AvgIpc) is 2.50. The molecule has 1 aliphatic rings. The first-order valence-corrected chi connectivity index (χ1v) is 7.92. The fraction of sp³-hybridized carbons (Fsp3) is 0.529. The van der Waals surface area contributed by atoms with Crippen molar-refractivity contribution in [2.45, 2.75) is 32.7 Å². The van der Waals surface area contributed by atoms with Crippen LogP contribution in [0.5, 0.6) is 0 Å². The van der Waals surface area contributed by atoms with Crippen LogP contribution in [0.2, 0.25) is 0 Å². The lowest BCUT2D eigenvalue weighted by molar-refractivity contribution is -0.133. The molecular formula is C17H26ClN3O2. The van der Waals surface area contributed by atoms with Gasteiger partial charge in [0, 0.05) is 37.7 Å². The van der Waals surface area contributed by atoms with Crippen molar-refractivity contribution >= 4 is 29.9 Å². The van der Waals surface area contributed by atoms with Crippen LogP contribution >= 0.6 is 12.4 Å². The molecule has 6 heteroatoms. The SMILES string of the molecule is CNCC(C)C(=O)Nc1cccc(CN2CCCCC2=O)c1.Cl. The van der Waals surface area contributed by atoms with Gasteiger partial charge in [-0.15, -0.1) is 12.4 Å². The van der Waals surface area contributed by atoms with Gasteiger partial charge in [-0.1, -0.05) is 19.1 Å². The van der Waals surface area contributed by atoms with Gasteiger partial charge in [0.1, 0.15) is 0 Å². The quantitative estimate of drug-likeness (QED) is 0.836.